The average Bonchev–Trinajstić information content (AvgIpc) is 3.34. The van der Waals surface area contributed by atoms with Crippen molar-refractivity contribution < 1.29 is 18.1 Å². The van der Waals surface area contributed by atoms with E-state index in [-0.39, 0.29) is 5.82 Å². The van der Waals surface area contributed by atoms with E-state index in [0.29, 0.717) is 29.0 Å². The first kappa shape index (κ1) is 15.8. The van der Waals surface area contributed by atoms with Crippen molar-refractivity contribution in [1.29, 1.82) is 0 Å². The summed E-state index contributed by atoms with van der Waals surface area (Å²) in [5.41, 5.74) is 0.790. The van der Waals surface area contributed by atoms with Gasteiger partial charge in [0.05, 0.1) is 6.26 Å². The SMILES string of the molecule is Fc1ccc(Oc2ccc(-c3noc(/C=C/c4ccco4)n3)cc2)cc1. The molecule has 0 saturated heterocycles. The van der Waals surface area contributed by atoms with E-state index in [4.69, 9.17) is 13.7 Å². The van der Waals surface area contributed by atoms with E-state index < -0.39 is 0 Å². The summed E-state index contributed by atoms with van der Waals surface area (Å²) in [6.45, 7) is 0. The Labute approximate surface area is 148 Å². The van der Waals surface area contributed by atoms with Crippen molar-refractivity contribution in [1.82, 2.24) is 10.1 Å². The lowest BCUT2D eigenvalue weighted by Gasteiger charge is -2.05. The Morgan fingerprint density at radius 3 is 2.31 bits per heavy atom. The molecule has 6 heteroatoms. The van der Waals surface area contributed by atoms with E-state index in [1.54, 1.807) is 48.7 Å². The van der Waals surface area contributed by atoms with Crippen LogP contribution in [0.3, 0.4) is 0 Å². The highest BCUT2D eigenvalue weighted by Gasteiger charge is 2.07. The van der Waals surface area contributed by atoms with Crippen LogP contribution in [0.25, 0.3) is 23.5 Å². The van der Waals surface area contributed by atoms with Gasteiger partial charge in [0.15, 0.2) is 0 Å². The molecule has 26 heavy (non-hydrogen) atoms. The zero-order valence-electron chi connectivity index (χ0n) is 13.5. The number of hydrogen-bond acceptors (Lipinski definition) is 5. The summed E-state index contributed by atoms with van der Waals surface area (Å²) >= 11 is 0. The van der Waals surface area contributed by atoms with Crippen molar-refractivity contribution in [2.75, 3.05) is 0 Å². The minimum atomic E-state index is -0.304. The Kier molecular flexibility index (Phi) is 4.30. The second kappa shape index (κ2) is 7.06. The van der Waals surface area contributed by atoms with Gasteiger partial charge in [0.1, 0.15) is 23.1 Å². The minimum absolute atomic E-state index is 0.304. The van der Waals surface area contributed by atoms with Gasteiger partial charge in [-0.05, 0) is 66.7 Å². The Hall–Kier alpha value is -3.67. The highest BCUT2D eigenvalue weighted by molar-refractivity contribution is 5.64. The highest BCUT2D eigenvalue weighted by Crippen LogP contribution is 2.25. The maximum atomic E-state index is 12.9. The quantitative estimate of drug-likeness (QED) is 0.481. The third kappa shape index (κ3) is 3.70. The molecule has 0 saturated carbocycles. The molecule has 0 bridgehead atoms. The van der Waals surface area contributed by atoms with Gasteiger partial charge in [-0.3, -0.25) is 0 Å². The summed E-state index contributed by atoms with van der Waals surface area (Å²) in [4.78, 5) is 4.31. The van der Waals surface area contributed by atoms with Crippen molar-refractivity contribution in [2.24, 2.45) is 0 Å². The molecule has 0 amide bonds. The number of furan rings is 1. The Morgan fingerprint density at radius 2 is 1.62 bits per heavy atom. The fourth-order valence-corrected chi connectivity index (χ4v) is 2.27. The number of halogens is 1. The largest absolute Gasteiger partial charge is 0.465 e. The van der Waals surface area contributed by atoms with Crippen LogP contribution in [0.2, 0.25) is 0 Å². The van der Waals surface area contributed by atoms with E-state index in [0.717, 1.165) is 5.56 Å². The fraction of sp³-hybridized carbons (Fsp3) is 0. The summed E-state index contributed by atoms with van der Waals surface area (Å²) < 4.78 is 29.0. The van der Waals surface area contributed by atoms with Crippen LogP contribution in [0.4, 0.5) is 4.39 Å². The van der Waals surface area contributed by atoms with Crippen molar-refractivity contribution in [3.63, 3.8) is 0 Å². The molecule has 0 aliphatic heterocycles. The van der Waals surface area contributed by atoms with Gasteiger partial charge in [-0.1, -0.05) is 5.16 Å². The monoisotopic (exact) mass is 348 g/mol. The normalized spacial score (nSPS) is 11.1. The summed E-state index contributed by atoms with van der Waals surface area (Å²) in [6.07, 6.45) is 5.02. The summed E-state index contributed by atoms with van der Waals surface area (Å²) in [5.74, 6) is 2.43. The summed E-state index contributed by atoms with van der Waals surface area (Å²) in [6, 6.07) is 16.7. The number of hydrogen-bond donors (Lipinski definition) is 0. The zero-order chi connectivity index (χ0) is 17.8. The molecule has 0 radical (unpaired) electrons. The third-order valence-electron chi connectivity index (χ3n) is 3.54. The molecule has 0 aliphatic rings. The van der Waals surface area contributed by atoms with E-state index in [2.05, 4.69) is 10.1 Å². The van der Waals surface area contributed by atoms with Gasteiger partial charge in [-0.25, -0.2) is 4.39 Å². The van der Waals surface area contributed by atoms with Crippen LogP contribution < -0.4 is 4.74 Å². The number of rotatable bonds is 5. The topological polar surface area (TPSA) is 61.3 Å². The first-order valence-corrected chi connectivity index (χ1v) is 7.85. The lowest BCUT2D eigenvalue weighted by atomic mass is 10.2. The van der Waals surface area contributed by atoms with Crippen LogP contribution in [0.5, 0.6) is 11.5 Å². The van der Waals surface area contributed by atoms with Crippen LogP contribution in [-0.4, -0.2) is 10.1 Å². The van der Waals surface area contributed by atoms with Crippen LogP contribution in [0, 0.1) is 5.82 Å². The first-order valence-electron chi connectivity index (χ1n) is 7.85. The van der Waals surface area contributed by atoms with Crippen molar-refractivity contribution in [3.05, 3.63) is 84.4 Å². The Morgan fingerprint density at radius 1 is 0.885 bits per heavy atom. The van der Waals surface area contributed by atoms with Crippen molar-refractivity contribution >= 4 is 12.2 Å². The average molecular weight is 348 g/mol. The number of benzene rings is 2. The van der Waals surface area contributed by atoms with Gasteiger partial charge in [0.25, 0.3) is 5.89 Å². The second-order valence-corrected chi connectivity index (χ2v) is 5.39. The van der Waals surface area contributed by atoms with E-state index in [1.165, 1.54) is 12.1 Å². The van der Waals surface area contributed by atoms with Gasteiger partial charge in [-0.2, -0.15) is 4.98 Å². The van der Waals surface area contributed by atoms with E-state index in [1.807, 2.05) is 18.2 Å². The number of nitrogens with zero attached hydrogens (tertiary/aromatic N) is 2. The standard InChI is InChI=1S/C20H13FN2O3/c21-15-5-9-18(10-6-15)25-17-7-3-14(4-8-17)20-22-19(26-23-20)12-11-16-2-1-13-24-16/h1-13H/b12-11+. The lowest BCUT2D eigenvalue weighted by molar-refractivity contribution is 0.411. The molecule has 0 fully saturated rings. The van der Waals surface area contributed by atoms with Gasteiger partial charge in [0, 0.05) is 11.6 Å². The predicted molar refractivity (Wildman–Crippen MR) is 93.8 cm³/mol. The van der Waals surface area contributed by atoms with Crippen molar-refractivity contribution in [3.8, 4) is 22.9 Å². The zero-order valence-corrected chi connectivity index (χ0v) is 13.5. The second-order valence-electron chi connectivity index (χ2n) is 5.39. The predicted octanol–water partition coefficient (Wildman–Crippen LogP) is 5.43. The van der Waals surface area contributed by atoms with Gasteiger partial charge in [0.2, 0.25) is 5.82 Å². The molecule has 2 aromatic carbocycles. The third-order valence-corrected chi connectivity index (χ3v) is 3.54. The molecule has 4 rings (SSSR count). The van der Waals surface area contributed by atoms with Crippen LogP contribution >= 0.6 is 0 Å². The molecule has 128 valence electrons. The molecule has 2 aromatic heterocycles. The van der Waals surface area contributed by atoms with Gasteiger partial charge in [-0.15, -0.1) is 0 Å². The molecule has 0 N–H and O–H groups in total. The fourth-order valence-electron chi connectivity index (χ4n) is 2.27. The molecule has 0 unspecified atom stereocenters. The number of aromatic nitrogens is 2. The summed E-state index contributed by atoms with van der Waals surface area (Å²) in [7, 11) is 0. The minimum Gasteiger partial charge on any atom is -0.465 e. The maximum absolute atomic E-state index is 12.9. The molecular weight excluding hydrogens is 335 g/mol. The smallest absolute Gasteiger partial charge is 0.251 e. The number of ether oxygens (including phenoxy) is 1. The van der Waals surface area contributed by atoms with Gasteiger partial charge >= 0.3 is 0 Å². The molecule has 0 atom stereocenters. The molecule has 4 aromatic rings. The summed E-state index contributed by atoms with van der Waals surface area (Å²) in [5, 5.41) is 3.96. The Balaban J connectivity index is 1.46. The highest BCUT2D eigenvalue weighted by atomic mass is 19.1. The van der Waals surface area contributed by atoms with Crippen LogP contribution in [-0.2, 0) is 0 Å². The van der Waals surface area contributed by atoms with Gasteiger partial charge < -0.3 is 13.7 Å². The lowest BCUT2D eigenvalue weighted by Crippen LogP contribution is -1.85. The van der Waals surface area contributed by atoms with Crippen molar-refractivity contribution in [2.45, 2.75) is 0 Å². The Bertz CT molecular complexity index is 1000. The van der Waals surface area contributed by atoms with Crippen LogP contribution in [0.1, 0.15) is 11.7 Å². The maximum Gasteiger partial charge on any atom is 0.251 e. The molecule has 0 spiro atoms. The molecule has 2 heterocycles. The molecular formula is C20H13FN2O3. The first-order chi connectivity index (χ1) is 12.8. The van der Waals surface area contributed by atoms with Crippen LogP contribution in [0.15, 0.2) is 75.9 Å². The molecule has 5 nitrogen and oxygen atoms in total. The molecule has 0 aliphatic carbocycles. The van der Waals surface area contributed by atoms with E-state index >= 15 is 0 Å². The van der Waals surface area contributed by atoms with E-state index in [9.17, 15) is 4.39 Å².